The number of alkyl halides is 1. The number of fused-ring (bicyclic) bond motifs is 2. The molecule has 2 bridgehead atoms. The summed E-state index contributed by atoms with van der Waals surface area (Å²) in [5.74, 6) is -3.44. The van der Waals surface area contributed by atoms with Gasteiger partial charge in [0.2, 0.25) is 11.8 Å². The largest absolute Gasteiger partial charge is 0.460 e. The van der Waals surface area contributed by atoms with Crippen LogP contribution in [0.15, 0.2) is 67.8 Å². The van der Waals surface area contributed by atoms with Crippen LogP contribution in [0.4, 0.5) is 5.69 Å². The number of rotatable bonds is 15. The Morgan fingerprint density at radius 3 is 2.56 bits per heavy atom. The van der Waals surface area contributed by atoms with Crippen molar-refractivity contribution in [3.63, 3.8) is 0 Å². The van der Waals surface area contributed by atoms with E-state index in [1.54, 1.807) is 24.0 Å². The Bertz CT molecular complexity index is 1560. The minimum absolute atomic E-state index is 0.109. The molecule has 8 atom stereocenters. The lowest BCUT2D eigenvalue weighted by Gasteiger charge is -2.39. The number of hydrogen-bond donors (Lipinski definition) is 2. The van der Waals surface area contributed by atoms with E-state index < -0.39 is 53.6 Å². The van der Waals surface area contributed by atoms with E-state index in [1.807, 2.05) is 56.3 Å². The highest BCUT2D eigenvalue weighted by atomic mass is 79.9. The zero-order valence-electron chi connectivity index (χ0n) is 27.8. The van der Waals surface area contributed by atoms with Gasteiger partial charge in [0, 0.05) is 23.5 Å². The summed E-state index contributed by atoms with van der Waals surface area (Å²) in [6, 6.07) is 11.8. The third kappa shape index (κ3) is 6.69. The van der Waals surface area contributed by atoms with E-state index in [9.17, 15) is 24.3 Å². The van der Waals surface area contributed by atoms with Crippen LogP contribution in [0.1, 0.15) is 46.5 Å². The fraction of sp³-hybridized carbons (Fsp3) is 0.514. The van der Waals surface area contributed by atoms with Gasteiger partial charge >= 0.3 is 5.97 Å². The van der Waals surface area contributed by atoms with Crippen molar-refractivity contribution < 1.29 is 33.8 Å². The summed E-state index contributed by atoms with van der Waals surface area (Å²) in [5.41, 5.74) is -0.697. The molecule has 3 aliphatic heterocycles. The quantitative estimate of drug-likeness (QED) is 0.157. The van der Waals surface area contributed by atoms with E-state index in [0.29, 0.717) is 24.9 Å². The third-order valence-corrected chi connectivity index (χ3v) is 10.5. The molecule has 0 saturated carbocycles. The van der Waals surface area contributed by atoms with Gasteiger partial charge in [-0.25, -0.2) is 0 Å². The number of ether oxygens (including phenoxy) is 2. The predicted molar refractivity (Wildman–Crippen MR) is 187 cm³/mol. The molecule has 2 aromatic rings. The number of benzene rings is 2. The van der Waals surface area contributed by atoms with Crippen LogP contribution < -0.4 is 10.2 Å². The van der Waals surface area contributed by atoms with E-state index >= 15 is 0 Å². The number of allylic oxidation sites excluding steroid dienone is 1. The number of hydrogen-bond acceptors (Lipinski definition) is 7. The Morgan fingerprint density at radius 2 is 1.90 bits per heavy atom. The van der Waals surface area contributed by atoms with Crippen LogP contribution in [0.3, 0.4) is 0 Å². The number of nitrogens with one attached hydrogen (secondary N) is 1. The standard InChI is InChI=1S/C37H46BrN3O7/c1-6-8-13-29(43)39-20-23(5)47-36(46)30-31-34(44)41(27(21-42)17-22(3)4)33(37(31)19-28(38)32(30)48-37)35(45)40(16-7-2)26-15-14-24-11-9-10-12-25(24)18-26/h6-7,9-12,14-15,18,22-23,27-28,30-33,42H,1-2,8,13,16-17,19-21H2,3-5H3,(H,39,43)/t23-,27-,28?,30+,31-,32+,33+,37-/m1/s1. The van der Waals surface area contributed by atoms with Crippen LogP contribution in [-0.4, -0.2) is 88.1 Å². The van der Waals surface area contributed by atoms with Crippen molar-refractivity contribution in [2.75, 3.05) is 24.6 Å². The average Bonchev–Trinajstić information content (AvgIpc) is 3.66. The smallest absolute Gasteiger partial charge is 0.312 e. The maximum absolute atomic E-state index is 15.0. The first-order chi connectivity index (χ1) is 23.0. The third-order valence-electron chi connectivity index (χ3n) is 9.68. The predicted octanol–water partition coefficient (Wildman–Crippen LogP) is 4.53. The van der Waals surface area contributed by atoms with Crippen molar-refractivity contribution in [1.29, 1.82) is 0 Å². The lowest BCUT2D eigenvalue weighted by Crippen LogP contribution is -2.59. The topological polar surface area (TPSA) is 125 Å². The van der Waals surface area contributed by atoms with Gasteiger partial charge in [0.05, 0.1) is 37.1 Å². The van der Waals surface area contributed by atoms with Gasteiger partial charge in [-0.05, 0) is 55.0 Å². The second-order valence-corrected chi connectivity index (χ2v) is 14.7. The van der Waals surface area contributed by atoms with Crippen LogP contribution in [0.2, 0.25) is 0 Å². The van der Waals surface area contributed by atoms with E-state index in [0.717, 1.165) is 10.8 Å². The van der Waals surface area contributed by atoms with Gasteiger partial charge in [0.25, 0.3) is 5.91 Å². The van der Waals surface area contributed by atoms with E-state index in [1.165, 1.54) is 4.90 Å². The maximum atomic E-state index is 15.0. The molecule has 3 saturated heterocycles. The maximum Gasteiger partial charge on any atom is 0.312 e. The van der Waals surface area contributed by atoms with Crippen molar-refractivity contribution in [2.24, 2.45) is 17.8 Å². The Hall–Kier alpha value is -3.54. The fourth-order valence-corrected chi connectivity index (χ4v) is 8.61. The molecule has 1 unspecified atom stereocenters. The summed E-state index contributed by atoms with van der Waals surface area (Å²) in [6.07, 6.45) is 3.51. The number of anilines is 1. The number of carbonyl (C=O) groups excluding carboxylic acids is 4. The first kappa shape index (κ1) is 35.8. The summed E-state index contributed by atoms with van der Waals surface area (Å²) in [4.78, 5) is 58.4. The molecule has 3 fully saturated rings. The summed E-state index contributed by atoms with van der Waals surface area (Å²) in [5, 5.41) is 15.4. The number of aliphatic hydroxyl groups excluding tert-OH is 1. The van der Waals surface area contributed by atoms with Gasteiger partial charge < -0.3 is 29.7 Å². The number of amides is 3. The summed E-state index contributed by atoms with van der Waals surface area (Å²) in [6.45, 7) is 13.1. The zero-order chi connectivity index (χ0) is 34.7. The SMILES string of the molecule is C=CCCC(=O)NC[C@@H](C)OC(=O)[C@@H]1[C@H]2O[C@@]3(CC2Br)[C@H](C(=O)N(CC=C)c2ccc4ccccc4c2)N([C@@H](CO)CC(C)C)C(=O)[C@@H]13. The van der Waals surface area contributed by atoms with E-state index in [2.05, 4.69) is 34.4 Å². The number of carbonyl (C=O) groups is 4. The Balaban J connectivity index is 1.50. The van der Waals surface area contributed by atoms with Gasteiger partial charge in [0.15, 0.2) is 0 Å². The highest BCUT2D eigenvalue weighted by Gasteiger charge is 2.77. The molecule has 10 nitrogen and oxygen atoms in total. The molecule has 1 spiro atoms. The Labute approximate surface area is 290 Å². The van der Waals surface area contributed by atoms with Crippen molar-refractivity contribution in [3.05, 3.63) is 67.8 Å². The van der Waals surface area contributed by atoms with Gasteiger partial charge in [-0.2, -0.15) is 0 Å². The number of likely N-dealkylation sites (tertiary alicyclic amines) is 1. The van der Waals surface area contributed by atoms with Crippen LogP contribution >= 0.6 is 15.9 Å². The number of nitrogens with zero attached hydrogens (tertiary/aromatic N) is 2. The molecule has 0 aliphatic carbocycles. The molecule has 2 N–H and O–H groups in total. The molecule has 3 heterocycles. The monoisotopic (exact) mass is 723 g/mol. The van der Waals surface area contributed by atoms with Crippen molar-refractivity contribution in [2.45, 2.75) is 81.2 Å². The molecule has 3 amide bonds. The number of halogens is 1. The summed E-state index contributed by atoms with van der Waals surface area (Å²) in [7, 11) is 0. The molecule has 0 radical (unpaired) electrons. The molecule has 258 valence electrons. The van der Waals surface area contributed by atoms with Gasteiger partial charge in [-0.3, -0.25) is 19.2 Å². The number of esters is 1. The molecular formula is C37H46BrN3O7. The van der Waals surface area contributed by atoms with Gasteiger partial charge in [-0.1, -0.05) is 72.3 Å². The molecule has 0 aromatic heterocycles. The van der Waals surface area contributed by atoms with Gasteiger partial charge in [0.1, 0.15) is 17.7 Å². The summed E-state index contributed by atoms with van der Waals surface area (Å²) < 4.78 is 12.5. The molecule has 5 rings (SSSR count). The van der Waals surface area contributed by atoms with Crippen LogP contribution in [0.5, 0.6) is 0 Å². The number of aliphatic hydroxyl groups is 1. The first-order valence-corrected chi connectivity index (χ1v) is 17.6. The van der Waals surface area contributed by atoms with Crippen molar-refractivity contribution in [3.8, 4) is 0 Å². The second-order valence-electron chi connectivity index (χ2n) is 13.5. The highest BCUT2D eigenvalue weighted by Crippen LogP contribution is 2.61. The highest BCUT2D eigenvalue weighted by molar-refractivity contribution is 9.09. The molecule has 11 heteroatoms. The minimum Gasteiger partial charge on any atom is -0.460 e. The van der Waals surface area contributed by atoms with Crippen LogP contribution in [0, 0.1) is 17.8 Å². The second kappa shape index (κ2) is 14.9. The van der Waals surface area contributed by atoms with E-state index in [4.69, 9.17) is 9.47 Å². The molecule has 48 heavy (non-hydrogen) atoms. The minimum atomic E-state index is -1.33. The van der Waals surface area contributed by atoms with E-state index in [-0.39, 0.29) is 48.7 Å². The van der Waals surface area contributed by atoms with Crippen LogP contribution in [-0.2, 0) is 28.7 Å². The van der Waals surface area contributed by atoms with Crippen molar-refractivity contribution >= 4 is 56.1 Å². The lowest BCUT2D eigenvalue weighted by atomic mass is 9.70. The fourth-order valence-electron chi connectivity index (χ4n) is 7.67. The van der Waals surface area contributed by atoms with Crippen molar-refractivity contribution in [1.82, 2.24) is 10.2 Å². The zero-order valence-corrected chi connectivity index (χ0v) is 29.4. The average molecular weight is 725 g/mol. The summed E-state index contributed by atoms with van der Waals surface area (Å²) >= 11 is 3.71. The first-order valence-electron chi connectivity index (χ1n) is 16.7. The molecular weight excluding hydrogens is 678 g/mol. The normalized spacial score (nSPS) is 27.1. The Kier molecular flexibility index (Phi) is 11.1. The molecule has 3 aliphatic rings. The molecule has 2 aromatic carbocycles. The Morgan fingerprint density at radius 1 is 1.17 bits per heavy atom. The lowest BCUT2D eigenvalue weighted by molar-refractivity contribution is -0.159. The van der Waals surface area contributed by atoms with Crippen LogP contribution in [0.25, 0.3) is 10.8 Å². The van der Waals surface area contributed by atoms with Gasteiger partial charge in [-0.15, -0.1) is 13.2 Å².